The maximum atomic E-state index is 11.1. The minimum Gasteiger partial charge on any atom is -0.477 e. The molecule has 0 bridgehead atoms. The molecule has 2 fully saturated rings. The number of nitrogens with zero attached hydrogens (tertiary/aromatic N) is 3. The Hall–Kier alpha value is -1.49. The third kappa shape index (κ3) is 3.10. The van der Waals surface area contributed by atoms with Gasteiger partial charge in [0.05, 0.1) is 5.69 Å². The van der Waals surface area contributed by atoms with Crippen LogP contribution in [0.4, 0.5) is 0 Å². The standard InChI is InChI=1S/C14H19N3O2/c18-14(19)12-8-11(9-17-6-2-1-3-7-17)15-13(16-12)10-4-5-10/h8,10H,1-7,9H2,(H,18,19). The predicted molar refractivity (Wildman–Crippen MR) is 70.1 cm³/mol. The van der Waals surface area contributed by atoms with Crippen LogP contribution in [0.25, 0.3) is 0 Å². The number of carboxylic acids is 1. The van der Waals surface area contributed by atoms with Crippen molar-refractivity contribution in [3.8, 4) is 0 Å². The molecule has 102 valence electrons. The van der Waals surface area contributed by atoms with Crippen molar-refractivity contribution >= 4 is 5.97 Å². The molecule has 3 rings (SSSR count). The van der Waals surface area contributed by atoms with Gasteiger partial charge >= 0.3 is 5.97 Å². The lowest BCUT2D eigenvalue weighted by Gasteiger charge is -2.26. The van der Waals surface area contributed by atoms with Crippen molar-refractivity contribution < 1.29 is 9.90 Å². The van der Waals surface area contributed by atoms with Gasteiger partial charge in [0.1, 0.15) is 5.82 Å². The van der Waals surface area contributed by atoms with E-state index in [9.17, 15) is 4.79 Å². The first-order valence-electron chi connectivity index (χ1n) is 7.06. The van der Waals surface area contributed by atoms with Gasteiger partial charge in [-0.05, 0) is 44.8 Å². The van der Waals surface area contributed by atoms with Gasteiger partial charge in [0, 0.05) is 12.5 Å². The van der Waals surface area contributed by atoms with Crippen LogP contribution in [-0.4, -0.2) is 39.0 Å². The summed E-state index contributed by atoms with van der Waals surface area (Å²) in [6.07, 6.45) is 5.94. The molecule has 1 saturated carbocycles. The maximum absolute atomic E-state index is 11.1. The largest absolute Gasteiger partial charge is 0.477 e. The first-order valence-corrected chi connectivity index (χ1v) is 7.06. The molecule has 0 spiro atoms. The average molecular weight is 261 g/mol. The summed E-state index contributed by atoms with van der Waals surface area (Å²) in [6.45, 7) is 2.93. The smallest absolute Gasteiger partial charge is 0.354 e. The summed E-state index contributed by atoms with van der Waals surface area (Å²) < 4.78 is 0. The molecule has 19 heavy (non-hydrogen) atoms. The molecule has 2 heterocycles. The molecule has 0 amide bonds. The van der Waals surface area contributed by atoms with Crippen molar-refractivity contribution in [3.63, 3.8) is 0 Å². The third-order valence-electron chi connectivity index (χ3n) is 3.79. The highest BCUT2D eigenvalue weighted by molar-refractivity contribution is 5.85. The van der Waals surface area contributed by atoms with Crippen molar-refractivity contribution in [2.24, 2.45) is 0 Å². The molecule has 0 radical (unpaired) electrons. The SMILES string of the molecule is O=C(O)c1cc(CN2CCCCC2)nc(C2CC2)n1. The third-order valence-corrected chi connectivity index (χ3v) is 3.79. The van der Waals surface area contributed by atoms with Gasteiger partial charge in [-0.2, -0.15) is 0 Å². The number of rotatable bonds is 4. The Morgan fingerprint density at radius 2 is 2.00 bits per heavy atom. The van der Waals surface area contributed by atoms with E-state index in [0.29, 0.717) is 5.92 Å². The Labute approximate surface area is 112 Å². The summed E-state index contributed by atoms with van der Waals surface area (Å²) in [5.74, 6) is 0.163. The Kier molecular flexibility index (Phi) is 3.46. The fourth-order valence-electron chi connectivity index (χ4n) is 2.58. The number of carboxylic acid groups (broad SMARTS) is 1. The first-order chi connectivity index (χ1) is 9.22. The van der Waals surface area contributed by atoms with Crippen LogP contribution in [0.5, 0.6) is 0 Å². The Bertz CT molecular complexity index is 480. The molecule has 5 nitrogen and oxygen atoms in total. The zero-order valence-electron chi connectivity index (χ0n) is 11.0. The summed E-state index contributed by atoms with van der Waals surface area (Å²) in [6, 6.07) is 1.63. The first kappa shape index (κ1) is 12.5. The number of aromatic carboxylic acids is 1. The zero-order chi connectivity index (χ0) is 13.2. The molecule has 1 aliphatic heterocycles. The van der Waals surface area contributed by atoms with Crippen molar-refractivity contribution in [1.82, 2.24) is 14.9 Å². The summed E-state index contributed by atoms with van der Waals surface area (Å²) in [4.78, 5) is 22.2. The summed E-state index contributed by atoms with van der Waals surface area (Å²) in [5.41, 5.74) is 1.00. The molecular formula is C14H19N3O2. The fraction of sp³-hybridized carbons (Fsp3) is 0.643. The topological polar surface area (TPSA) is 66.3 Å². The molecule has 1 N–H and O–H groups in total. The lowest BCUT2D eigenvalue weighted by atomic mass is 10.1. The van der Waals surface area contributed by atoms with E-state index in [1.165, 1.54) is 19.3 Å². The van der Waals surface area contributed by atoms with Crippen LogP contribution < -0.4 is 0 Å². The van der Waals surface area contributed by atoms with E-state index in [2.05, 4.69) is 14.9 Å². The van der Waals surface area contributed by atoms with Crippen LogP contribution in [-0.2, 0) is 6.54 Å². The normalized spacial score (nSPS) is 20.4. The minimum absolute atomic E-state index is 0.143. The number of carbonyl (C=O) groups is 1. The van der Waals surface area contributed by atoms with Crippen molar-refractivity contribution in [3.05, 3.63) is 23.3 Å². The molecule has 0 atom stereocenters. The molecule has 2 aliphatic rings. The van der Waals surface area contributed by atoms with Gasteiger partial charge in [0.15, 0.2) is 5.69 Å². The van der Waals surface area contributed by atoms with Gasteiger partial charge in [-0.15, -0.1) is 0 Å². The molecular weight excluding hydrogens is 242 g/mol. The molecule has 1 saturated heterocycles. The predicted octanol–water partition coefficient (Wildman–Crippen LogP) is 2.04. The number of likely N-dealkylation sites (tertiary alicyclic amines) is 1. The Morgan fingerprint density at radius 1 is 1.26 bits per heavy atom. The quantitative estimate of drug-likeness (QED) is 0.898. The second kappa shape index (κ2) is 5.25. The lowest BCUT2D eigenvalue weighted by molar-refractivity contribution is 0.0689. The zero-order valence-corrected chi connectivity index (χ0v) is 11.0. The summed E-state index contributed by atoms with van der Waals surface area (Å²) in [7, 11) is 0. The van der Waals surface area contributed by atoms with Crippen LogP contribution in [0, 0.1) is 0 Å². The molecule has 0 unspecified atom stereocenters. The van der Waals surface area contributed by atoms with Gasteiger partial charge in [0.2, 0.25) is 0 Å². The highest BCUT2D eigenvalue weighted by atomic mass is 16.4. The number of piperidine rings is 1. The summed E-state index contributed by atoms with van der Waals surface area (Å²) >= 11 is 0. The molecule has 1 aromatic heterocycles. The number of aromatic nitrogens is 2. The van der Waals surface area contributed by atoms with Gasteiger partial charge in [0.25, 0.3) is 0 Å². The average Bonchev–Trinajstić information content (AvgIpc) is 3.24. The second-order valence-electron chi connectivity index (χ2n) is 5.52. The molecule has 1 aromatic rings. The van der Waals surface area contributed by atoms with Crippen molar-refractivity contribution in [2.75, 3.05) is 13.1 Å². The Morgan fingerprint density at radius 3 is 2.63 bits per heavy atom. The van der Waals surface area contributed by atoms with Crippen molar-refractivity contribution in [1.29, 1.82) is 0 Å². The van der Waals surface area contributed by atoms with Crippen LogP contribution in [0.3, 0.4) is 0 Å². The second-order valence-corrected chi connectivity index (χ2v) is 5.52. The number of hydrogen-bond acceptors (Lipinski definition) is 4. The van der Waals surface area contributed by atoms with E-state index in [0.717, 1.165) is 44.0 Å². The van der Waals surface area contributed by atoms with Crippen LogP contribution in [0.1, 0.15) is 60.0 Å². The van der Waals surface area contributed by atoms with Gasteiger partial charge in [-0.3, -0.25) is 4.90 Å². The lowest BCUT2D eigenvalue weighted by Crippen LogP contribution is -2.29. The van der Waals surface area contributed by atoms with E-state index in [1.54, 1.807) is 6.07 Å². The highest BCUT2D eigenvalue weighted by Crippen LogP contribution is 2.38. The van der Waals surface area contributed by atoms with E-state index in [4.69, 9.17) is 5.11 Å². The van der Waals surface area contributed by atoms with Crippen LogP contribution in [0.2, 0.25) is 0 Å². The molecule has 0 aromatic carbocycles. The monoisotopic (exact) mass is 261 g/mol. The van der Waals surface area contributed by atoms with E-state index in [1.807, 2.05) is 0 Å². The van der Waals surface area contributed by atoms with Gasteiger partial charge in [-0.25, -0.2) is 14.8 Å². The molecule has 5 heteroatoms. The maximum Gasteiger partial charge on any atom is 0.354 e. The Balaban J connectivity index is 1.80. The van der Waals surface area contributed by atoms with Gasteiger partial charge < -0.3 is 5.11 Å². The van der Waals surface area contributed by atoms with Gasteiger partial charge in [-0.1, -0.05) is 6.42 Å². The fourth-order valence-corrected chi connectivity index (χ4v) is 2.58. The van der Waals surface area contributed by atoms with E-state index in [-0.39, 0.29) is 5.69 Å². The summed E-state index contributed by atoms with van der Waals surface area (Å²) in [5, 5.41) is 9.14. The van der Waals surface area contributed by atoms with E-state index < -0.39 is 5.97 Å². The van der Waals surface area contributed by atoms with Crippen molar-refractivity contribution in [2.45, 2.75) is 44.6 Å². The minimum atomic E-state index is -0.954. The highest BCUT2D eigenvalue weighted by Gasteiger charge is 2.28. The molecule has 1 aliphatic carbocycles. The van der Waals surface area contributed by atoms with Crippen LogP contribution in [0.15, 0.2) is 6.07 Å². The van der Waals surface area contributed by atoms with E-state index >= 15 is 0 Å². The van der Waals surface area contributed by atoms with Crippen LogP contribution >= 0.6 is 0 Å². The number of hydrogen-bond donors (Lipinski definition) is 1.